The third-order valence-corrected chi connectivity index (χ3v) is 8.80. The molecule has 3 nitrogen and oxygen atoms in total. The van der Waals surface area contributed by atoms with Gasteiger partial charge in [-0.15, -0.1) is 11.3 Å². The maximum absolute atomic E-state index is 4.87. The minimum Gasteiger partial charge on any atom is -0.298 e. The molecule has 2 aromatic heterocycles. The molecule has 1 saturated carbocycles. The molecule has 0 atom stereocenters. The number of thioether (sulfide) groups is 1. The second-order valence-electron chi connectivity index (χ2n) is 9.28. The van der Waals surface area contributed by atoms with Gasteiger partial charge in [0.2, 0.25) is 0 Å². The largest absolute Gasteiger partial charge is 0.298 e. The van der Waals surface area contributed by atoms with Crippen LogP contribution in [0.1, 0.15) is 74.7 Å². The fourth-order valence-corrected chi connectivity index (χ4v) is 6.96. The van der Waals surface area contributed by atoms with Crippen LogP contribution in [0.25, 0.3) is 10.2 Å². The van der Waals surface area contributed by atoms with Crippen LogP contribution in [0, 0.1) is 12.3 Å². The normalized spacial score (nSPS) is 22.0. The predicted molar refractivity (Wildman–Crippen MR) is 119 cm³/mol. The zero-order valence-electron chi connectivity index (χ0n) is 17.3. The van der Waals surface area contributed by atoms with Crippen LogP contribution < -0.4 is 0 Å². The van der Waals surface area contributed by atoms with Gasteiger partial charge in [0.25, 0.3) is 0 Å². The maximum Gasteiger partial charge on any atom is 0.127 e. The molecule has 2 aliphatic rings. The SMILES string of the molecule is Cc1nc(CN(C)C2CCSCC2)c2cc(C3CCC(C)(C)CC3)sc2n1. The lowest BCUT2D eigenvalue weighted by atomic mass is 9.73. The highest BCUT2D eigenvalue weighted by atomic mass is 32.2. The Labute approximate surface area is 172 Å². The molecule has 1 aliphatic heterocycles. The summed E-state index contributed by atoms with van der Waals surface area (Å²) in [6.45, 7) is 7.83. The number of aryl methyl sites for hydroxylation is 1. The summed E-state index contributed by atoms with van der Waals surface area (Å²) in [6, 6.07) is 3.14. The van der Waals surface area contributed by atoms with E-state index >= 15 is 0 Å². The summed E-state index contributed by atoms with van der Waals surface area (Å²) in [5, 5.41) is 1.31. The Bertz CT molecular complexity index is 782. The number of thiophene rings is 1. The number of aromatic nitrogens is 2. The number of nitrogens with zero attached hydrogens (tertiary/aromatic N) is 3. The van der Waals surface area contributed by atoms with Crippen LogP contribution in [0.2, 0.25) is 0 Å². The van der Waals surface area contributed by atoms with Crippen molar-refractivity contribution in [3.05, 3.63) is 22.5 Å². The van der Waals surface area contributed by atoms with Crippen molar-refractivity contribution in [2.24, 2.45) is 5.41 Å². The molecule has 0 radical (unpaired) electrons. The molecular weight excluding hydrogens is 370 g/mol. The van der Waals surface area contributed by atoms with Gasteiger partial charge in [-0.25, -0.2) is 9.97 Å². The van der Waals surface area contributed by atoms with Gasteiger partial charge in [0.05, 0.1) is 5.69 Å². The highest BCUT2D eigenvalue weighted by molar-refractivity contribution is 7.99. The molecule has 3 heterocycles. The van der Waals surface area contributed by atoms with Crippen molar-refractivity contribution in [3.63, 3.8) is 0 Å². The Morgan fingerprint density at radius 1 is 1.11 bits per heavy atom. The zero-order chi connectivity index (χ0) is 19.0. The van der Waals surface area contributed by atoms with Crippen molar-refractivity contribution in [1.29, 1.82) is 0 Å². The fourth-order valence-electron chi connectivity index (χ4n) is 4.61. The number of hydrogen-bond donors (Lipinski definition) is 0. The minimum atomic E-state index is 0.524. The molecule has 1 aliphatic carbocycles. The van der Waals surface area contributed by atoms with Crippen molar-refractivity contribution in [1.82, 2.24) is 14.9 Å². The first kappa shape index (κ1) is 19.7. The van der Waals surface area contributed by atoms with Crippen LogP contribution in [0.3, 0.4) is 0 Å². The van der Waals surface area contributed by atoms with E-state index in [9.17, 15) is 0 Å². The average Bonchev–Trinajstić information content (AvgIpc) is 3.06. The first-order valence-corrected chi connectivity index (χ1v) is 12.4. The van der Waals surface area contributed by atoms with Crippen LogP contribution in [0.4, 0.5) is 0 Å². The molecule has 5 heteroatoms. The van der Waals surface area contributed by atoms with Crippen molar-refractivity contribution >= 4 is 33.3 Å². The van der Waals surface area contributed by atoms with E-state index in [-0.39, 0.29) is 0 Å². The van der Waals surface area contributed by atoms with E-state index in [4.69, 9.17) is 9.97 Å². The molecule has 4 rings (SSSR count). The third-order valence-electron chi connectivity index (χ3n) is 6.56. The summed E-state index contributed by atoms with van der Waals surface area (Å²) in [5.74, 6) is 4.24. The monoisotopic (exact) mass is 403 g/mol. The molecule has 2 fully saturated rings. The summed E-state index contributed by atoms with van der Waals surface area (Å²) in [7, 11) is 2.28. The van der Waals surface area contributed by atoms with Gasteiger partial charge in [0.1, 0.15) is 10.7 Å². The molecule has 2 aromatic rings. The lowest BCUT2D eigenvalue weighted by Crippen LogP contribution is -2.34. The highest BCUT2D eigenvalue weighted by Crippen LogP contribution is 2.45. The van der Waals surface area contributed by atoms with Crippen LogP contribution in [-0.4, -0.2) is 39.5 Å². The zero-order valence-corrected chi connectivity index (χ0v) is 18.9. The number of rotatable bonds is 4. The van der Waals surface area contributed by atoms with Crippen molar-refractivity contribution < 1.29 is 0 Å². The molecule has 0 unspecified atom stereocenters. The quantitative estimate of drug-likeness (QED) is 0.625. The summed E-state index contributed by atoms with van der Waals surface area (Å²) < 4.78 is 0. The molecule has 0 aromatic carbocycles. The first-order chi connectivity index (χ1) is 12.9. The van der Waals surface area contributed by atoms with Crippen molar-refractivity contribution in [2.45, 2.75) is 77.8 Å². The molecule has 1 saturated heterocycles. The van der Waals surface area contributed by atoms with Crippen LogP contribution in [0.5, 0.6) is 0 Å². The molecule has 27 heavy (non-hydrogen) atoms. The smallest absolute Gasteiger partial charge is 0.127 e. The number of hydrogen-bond acceptors (Lipinski definition) is 5. The van der Waals surface area contributed by atoms with Gasteiger partial charge in [-0.3, -0.25) is 4.90 Å². The Hall–Kier alpha value is -0.650. The van der Waals surface area contributed by atoms with Crippen LogP contribution >= 0.6 is 23.1 Å². The summed E-state index contributed by atoms with van der Waals surface area (Å²) in [5.41, 5.74) is 1.76. The van der Waals surface area contributed by atoms with Crippen LogP contribution in [-0.2, 0) is 6.54 Å². The maximum atomic E-state index is 4.87. The Kier molecular flexibility index (Phi) is 5.82. The van der Waals surface area contributed by atoms with Gasteiger partial charge in [-0.2, -0.15) is 11.8 Å². The standard InChI is InChI=1S/C22H33N3S2/c1-15-23-19(14-25(4)17-7-11-26-12-8-17)18-13-20(27-21(18)24-15)16-5-9-22(2,3)10-6-16/h13,16-17H,5-12,14H2,1-4H3. The highest BCUT2D eigenvalue weighted by Gasteiger charge is 2.29. The molecule has 0 N–H and O–H groups in total. The Balaban J connectivity index is 1.56. The minimum absolute atomic E-state index is 0.524. The molecular formula is C22H33N3S2. The van der Waals surface area contributed by atoms with Gasteiger partial charge in [0, 0.05) is 22.8 Å². The van der Waals surface area contributed by atoms with E-state index < -0.39 is 0 Å². The lowest BCUT2D eigenvalue weighted by molar-refractivity contribution is 0.219. The molecule has 0 bridgehead atoms. The Morgan fingerprint density at radius 3 is 2.52 bits per heavy atom. The summed E-state index contributed by atoms with van der Waals surface area (Å²) in [4.78, 5) is 14.9. The van der Waals surface area contributed by atoms with E-state index in [0.29, 0.717) is 11.5 Å². The first-order valence-electron chi connectivity index (χ1n) is 10.5. The summed E-state index contributed by atoms with van der Waals surface area (Å²) in [6.07, 6.45) is 7.93. The van der Waals surface area contributed by atoms with E-state index in [2.05, 4.69) is 43.6 Å². The predicted octanol–water partition coefficient (Wildman–Crippen LogP) is 6.01. The van der Waals surface area contributed by atoms with Gasteiger partial charge in [0.15, 0.2) is 0 Å². The molecule has 0 amide bonds. The second kappa shape index (κ2) is 8.00. The second-order valence-corrected chi connectivity index (χ2v) is 11.6. The van der Waals surface area contributed by atoms with E-state index in [0.717, 1.165) is 18.3 Å². The average molecular weight is 404 g/mol. The van der Waals surface area contributed by atoms with Crippen LogP contribution in [0.15, 0.2) is 6.07 Å². The van der Waals surface area contributed by atoms with E-state index in [1.54, 1.807) is 4.88 Å². The van der Waals surface area contributed by atoms with Gasteiger partial charge in [-0.05, 0) is 81.4 Å². The van der Waals surface area contributed by atoms with Crippen molar-refractivity contribution in [3.8, 4) is 0 Å². The van der Waals surface area contributed by atoms with E-state index in [1.807, 2.05) is 18.3 Å². The summed E-state index contributed by atoms with van der Waals surface area (Å²) >= 11 is 4.02. The Morgan fingerprint density at radius 2 is 1.81 bits per heavy atom. The van der Waals surface area contributed by atoms with Gasteiger partial charge >= 0.3 is 0 Å². The lowest BCUT2D eigenvalue weighted by Gasteiger charge is -2.33. The molecule has 148 valence electrons. The molecule has 0 spiro atoms. The van der Waals surface area contributed by atoms with Crippen molar-refractivity contribution in [2.75, 3.05) is 18.6 Å². The van der Waals surface area contributed by atoms with Gasteiger partial charge < -0.3 is 0 Å². The third kappa shape index (κ3) is 4.51. The fraction of sp³-hybridized carbons (Fsp3) is 0.727. The van der Waals surface area contributed by atoms with Gasteiger partial charge in [-0.1, -0.05) is 13.8 Å². The van der Waals surface area contributed by atoms with E-state index in [1.165, 1.54) is 65.9 Å². The number of fused-ring (bicyclic) bond motifs is 1. The topological polar surface area (TPSA) is 29.0 Å².